The van der Waals surface area contributed by atoms with Crippen LogP contribution in [0.25, 0.3) is 0 Å². The number of hydrogen-bond acceptors (Lipinski definition) is 5. The van der Waals surface area contributed by atoms with Gasteiger partial charge in [-0.1, -0.05) is 19.1 Å². The minimum Gasteiger partial charge on any atom is -0.508 e. The third-order valence-electron chi connectivity index (χ3n) is 3.12. The number of cyclic esters (lactones) is 2. The molecule has 0 bridgehead atoms. The molecule has 0 aromatic heterocycles. The molecule has 1 N–H and O–H groups in total. The lowest BCUT2D eigenvalue weighted by atomic mass is 9.87. The fourth-order valence-electron chi connectivity index (χ4n) is 2.11. The molecule has 0 radical (unpaired) electrons. The van der Waals surface area contributed by atoms with Crippen LogP contribution >= 0.6 is 0 Å². The van der Waals surface area contributed by atoms with Gasteiger partial charge in [-0.15, -0.1) is 0 Å². The number of aromatic hydroxyl groups is 1. The van der Waals surface area contributed by atoms with Gasteiger partial charge >= 0.3 is 11.9 Å². The van der Waals surface area contributed by atoms with Crippen molar-refractivity contribution in [2.75, 3.05) is 0 Å². The Bertz CT molecular complexity index is 483. The Hall–Kier alpha value is -2.04. The third-order valence-corrected chi connectivity index (χ3v) is 3.12. The Balaban J connectivity index is 2.24. The molecule has 0 spiro atoms. The lowest BCUT2D eigenvalue weighted by Crippen LogP contribution is -2.47. The second-order valence-electron chi connectivity index (χ2n) is 5.10. The van der Waals surface area contributed by atoms with Crippen LogP contribution in [0.2, 0.25) is 0 Å². The maximum Gasteiger partial charge on any atom is 0.324 e. The molecule has 2 rings (SSSR count). The molecule has 0 amide bonds. The van der Waals surface area contributed by atoms with Gasteiger partial charge in [0, 0.05) is 19.8 Å². The Morgan fingerprint density at radius 3 is 2.05 bits per heavy atom. The Morgan fingerprint density at radius 2 is 1.58 bits per heavy atom. The summed E-state index contributed by atoms with van der Waals surface area (Å²) >= 11 is 0. The highest BCUT2D eigenvalue weighted by molar-refractivity contribution is 5.97. The SMILES string of the molecule is CC(c1ccc(O)cc1)C1C(=O)OC(C)(C)OC1=O. The summed E-state index contributed by atoms with van der Waals surface area (Å²) in [4.78, 5) is 23.9. The molecule has 5 heteroatoms. The van der Waals surface area contributed by atoms with Gasteiger partial charge in [0.25, 0.3) is 5.79 Å². The first-order valence-corrected chi connectivity index (χ1v) is 6.05. The highest BCUT2D eigenvalue weighted by atomic mass is 16.7. The van der Waals surface area contributed by atoms with E-state index in [9.17, 15) is 14.7 Å². The Labute approximate surface area is 111 Å². The van der Waals surface area contributed by atoms with Crippen molar-refractivity contribution in [1.82, 2.24) is 0 Å². The molecule has 1 aliphatic heterocycles. The molecule has 1 aliphatic rings. The molecule has 1 unspecified atom stereocenters. The van der Waals surface area contributed by atoms with Gasteiger partial charge in [0.1, 0.15) is 5.75 Å². The summed E-state index contributed by atoms with van der Waals surface area (Å²) in [5, 5.41) is 9.24. The first-order valence-electron chi connectivity index (χ1n) is 6.05. The zero-order chi connectivity index (χ0) is 14.2. The molecule has 1 aromatic carbocycles. The zero-order valence-electron chi connectivity index (χ0n) is 11.0. The van der Waals surface area contributed by atoms with Crippen LogP contribution < -0.4 is 0 Å². The summed E-state index contributed by atoms with van der Waals surface area (Å²) in [6, 6.07) is 6.35. The van der Waals surface area contributed by atoms with Crippen molar-refractivity contribution >= 4 is 11.9 Å². The highest BCUT2D eigenvalue weighted by Crippen LogP contribution is 2.33. The van der Waals surface area contributed by atoms with Crippen LogP contribution in [0.5, 0.6) is 5.75 Å². The number of ether oxygens (including phenoxy) is 2. The molecular weight excluding hydrogens is 248 g/mol. The number of carbonyl (C=O) groups is 2. The van der Waals surface area contributed by atoms with Crippen LogP contribution in [-0.4, -0.2) is 22.8 Å². The summed E-state index contributed by atoms with van der Waals surface area (Å²) in [5.41, 5.74) is 0.761. The lowest BCUT2D eigenvalue weighted by molar-refractivity contribution is -0.240. The van der Waals surface area contributed by atoms with Crippen LogP contribution in [0.3, 0.4) is 0 Å². The minimum atomic E-state index is -1.21. The minimum absolute atomic E-state index is 0.130. The predicted molar refractivity (Wildman–Crippen MR) is 66.3 cm³/mol. The predicted octanol–water partition coefficient (Wildman–Crippen LogP) is 1.95. The van der Waals surface area contributed by atoms with Crippen molar-refractivity contribution in [3.63, 3.8) is 0 Å². The van der Waals surface area contributed by atoms with Crippen molar-refractivity contribution in [3.8, 4) is 5.75 Å². The molecule has 5 nitrogen and oxygen atoms in total. The average molecular weight is 264 g/mol. The molecule has 1 aromatic rings. The summed E-state index contributed by atoms with van der Waals surface area (Å²) in [6.07, 6.45) is 0. The molecule has 1 atom stereocenters. The van der Waals surface area contributed by atoms with Gasteiger partial charge in [-0.3, -0.25) is 9.59 Å². The van der Waals surface area contributed by atoms with Crippen LogP contribution in [0.15, 0.2) is 24.3 Å². The van der Waals surface area contributed by atoms with E-state index >= 15 is 0 Å². The number of phenols is 1. The monoisotopic (exact) mass is 264 g/mol. The second-order valence-corrected chi connectivity index (χ2v) is 5.10. The van der Waals surface area contributed by atoms with Crippen molar-refractivity contribution in [1.29, 1.82) is 0 Å². The van der Waals surface area contributed by atoms with Gasteiger partial charge < -0.3 is 14.6 Å². The van der Waals surface area contributed by atoms with Crippen molar-refractivity contribution < 1.29 is 24.2 Å². The number of carbonyl (C=O) groups excluding carboxylic acids is 2. The van der Waals surface area contributed by atoms with Crippen LogP contribution in [0, 0.1) is 5.92 Å². The van der Waals surface area contributed by atoms with E-state index in [-0.39, 0.29) is 11.7 Å². The zero-order valence-corrected chi connectivity index (χ0v) is 11.0. The Kier molecular flexibility index (Phi) is 3.22. The number of esters is 2. The van der Waals surface area contributed by atoms with E-state index in [4.69, 9.17) is 9.47 Å². The van der Waals surface area contributed by atoms with E-state index in [0.717, 1.165) is 5.56 Å². The molecule has 0 saturated carbocycles. The maximum absolute atomic E-state index is 11.9. The number of hydrogen-bond donors (Lipinski definition) is 1. The molecular formula is C14H16O5. The van der Waals surface area contributed by atoms with Crippen molar-refractivity contribution in [2.45, 2.75) is 32.5 Å². The van der Waals surface area contributed by atoms with E-state index in [2.05, 4.69) is 0 Å². The molecule has 1 fully saturated rings. The topological polar surface area (TPSA) is 72.8 Å². The van der Waals surface area contributed by atoms with E-state index in [1.54, 1.807) is 19.1 Å². The van der Waals surface area contributed by atoms with Gasteiger partial charge in [-0.05, 0) is 17.7 Å². The normalized spacial score (nSPS) is 20.6. The quantitative estimate of drug-likeness (QED) is 0.653. The fraction of sp³-hybridized carbons (Fsp3) is 0.429. The molecule has 0 aliphatic carbocycles. The fourth-order valence-corrected chi connectivity index (χ4v) is 2.11. The summed E-state index contributed by atoms with van der Waals surface area (Å²) in [7, 11) is 0. The van der Waals surface area contributed by atoms with Gasteiger partial charge in [0.15, 0.2) is 5.92 Å². The second kappa shape index (κ2) is 4.57. The Morgan fingerprint density at radius 1 is 1.11 bits per heavy atom. The first kappa shape index (κ1) is 13.4. The molecule has 102 valence electrons. The van der Waals surface area contributed by atoms with Crippen LogP contribution in [0.4, 0.5) is 0 Å². The van der Waals surface area contributed by atoms with E-state index in [1.165, 1.54) is 26.0 Å². The molecule has 1 saturated heterocycles. The van der Waals surface area contributed by atoms with Gasteiger partial charge in [-0.2, -0.15) is 0 Å². The number of phenolic OH excluding ortho intramolecular Hbond substituents is 1. The summed E-state index contributed by atoms with van der Waals surface area (Å²) in [5.74, 6) is -3.59. The van der Waals surface area contributed by atoms with Gasteiger partial charge in [-0.25, -0.2) is 0 Å². The largest absolute Gasteiger partial charge is 0.508 e. The molecule has 1 heterocycles. The lowest BCUT2D eigenvalue weighted by Gasteiger charge is -2.35. The van der Waals surface area contributed by atoms with E-state index in [1.807, 2.05) is 0 Å². The van der Waals surface area contributed by atoms with Crippen molar-refractivity contribution in [2.24, 2.45) is 5.92 Å². The van der Waals surface area contributed by atoms with E-state index in [0.29, 0.717) is 0 Å². The van der Waals surface area contributed by atoms with Crippen molar-refractivity contribution in [3.05, 3.63) is 29.8 Å². The average Bonchev–Trinajstić information content (AvgIpc) is 2.26. The smallest absolute Gasteiger partial charge is 0.324 e. The highest BCUT2D eigenvalue weighted by Gasteiger charge is 2.46. The van der Waals surface area contributed by atoms with Crippen LogP contribution in [-0.2, 0) is 19.1 Å². The number of benzene rings is 1. The first-order chi connectivity index (χ1) is 8.80. The van der Waals surface area contributed by atoms with E-state index < -0.39 is 23.6 Å². The standard InChI is InChI=1S/C14H16O5/c1-8(9-4-6-10(15)7-5-9)11-12(16)18-14(2,3)19-13(11)17/h4-8,11,15H,1-3H3. The third kappa shape index (κ3) is 2.70. The summed E-state index contributed by atoms with van der Waals surface area (Å²) < 4.78 is 10.2. The summed E-state index contributed by atoms with van der Waals surface area (Å²) in [6.45, 7) is 4.78. The maximum atomic E-state index is 11.9. The van der Waals surface area contributed by atoms with Gasteiger partial charge in [0.05, 0.1) is 0 Å². The molecule has 19 heavy (non-hydrogen) atoms. The van der Waals surface area contributed by atoms with Gasteiger partial charge in [0.2, 0.25) is 0 Å². The number of rotatable bonds is 2. The van der Waals surface area contributed by atoms with Crippen LogP contribution in [0.1, 0.15) is 32.3 Å².